The lowest BCUT2D eigenvalue weighted by Crippen LogP contribution is -2.32. The van der Waals surface area contributed by atoms with E-state index in [1.54, 1.807) is 11.3 Å². The van der Waals surface area contributed by atoms with E-state index < -0.39 is 0 Å². The summed E-state index contributed by atoms with van der Waals surface area (Å²) in [5.74, 6) is 0.225. The first-order chi connectivity index (χ1) is 9.15. The van der Waals surface area contributed by atoms with E-state index in [4.69, 9.17) is 4.74 Å². The number of carbonyl (C=O) groups excluding carboxylic acids is 1. The van der Waals surface area contributed by atoms with Crippen molar-refractivity contribution in [1.29, 1.82) is 0 Å². The van der Waals surface area contributed by atoms with Gasteiger partial charge in [-0.2, -0.15) is 0 Å². The van der Waals surface area contributed by atoms with Crippen molar-refractivity contribution in [3.8, 4) is 0 Å². The molecule has 0 amide bonds. The highest BCUT2D eigenvalue weighted by molar-refractivity contribution is 7.11. The number of piperidine rings is 1. The molecule has 1 N–H and O–H groups in total. The number of Topliss-reactive ketones (excluding diaryl/α,β-unsaturated/α-hetero) is 1. The summed E-state index contributed by atoms with van der Waals surface area (Å²) in [4.78, 5) is 17.4. The molecule has 0 spiro atoms. The topological polar surface area (TPSA) is 51.2 Å². The molecule has 0 unspecified atom stereocenters. The van der Waals surface area contributed by atoms with Crippen molar-refractivity contribution in [3.63, 3.8) is 0 Å². The highest BCUT2D eigenvalue weighted by Gasteiger charge is 2.14. The highest BCUT2D eigenvalue weighted by Crippen LogP contribution is 2.17. The van der Waals surface area contributed by atoms with Crippen LogP contribution >= 0.6 is 11.3 Å². The molecule has 1 aromatic rings. The smallest absolute Gasteiger partial charge is 0.141 e. The number of ketones is 1. The molecule has 1 saturated heterocycles. The normalized spacial score (nSPS) is 16.7. The van der Waals surface area contributed by atoms with Crippen molar-refractivity contribution in [2.45, 2.75) is 45.6 Å². The van der Waals surface area contributed by atoms with Gasteiger partial charge in [-0.1, -0.05) is 0 Å². The Morgan fingerprint density at radius 2 is 2.16 bits per heavy atom. The van der Waals surface area contributed by atoms with E-state index in [0.29, 0.717) is 25.6 Å². The molecule has 1 aromatic heterocycles. The van der Waals surface area contributed by atoms with E-state index in [2.05, 4.69) is 10.3 Å². The van der Waals surface area contributed by atoms with Crippen molar-refractivity contribution < 1.29 is 9.53 Å². The van der Waals surface area contributed by atoms with Crippen LogP contribution in [0.4, 0.5) is 0 Å². The molecule has 106 valence electrons. The first-order valence-electron chi connectivity index (χ1n) is 6.92. The number of ether oxygens (including phenoxy) is 1. The first-order valence-corrected chi connectivity index (χ1v) is 7.73. The van der Waals surface area contributed by atoms with Crippen LogP contribution < -0.4 is 5.32 Å². The molecule has 0 atom stereocenters. The van der Waals surface area contributed by atoms with Crippen molar-refractivity contribution in [2.24, 2.45) is 0 Å². The van der Waals surface area contributed by atoms with E-state index in [1.807, 2.05) is 13.8 Å². The van der Waals surface area contributed by atoms with Crippen LogP contribution in [-0.2, 0) is 16.0 Å². The van der Waals surface area contributed by atoms with Crippen LogP contribution in [-0.4, -0.2) is 36.6 Å². The predicted octanol–water partition coefficient (Wildman–Crippen LogP) is 2.03. The van der Waals surface area contributed by atoms with Gasteiger partial charge >= 0.3 is 0 Å². The standard InChI is InChI=1S/C14H22N2O2S/c1-10-11(2)19-14(16-10)9-12(17)5-8-18-13-3-6-15-7-4-13/h13,15H,3-9H2,1-2H3. The maximum Gasteiger partial charge on any atom is 0.141 e. The molecule has 0 saturated carbocycles. The van der Waals surface area contributed by atoms with Crippen LogP contribution in [0.25, 0.3) is 0 Å². The van der Waals surface area contributed by atoms with Gasteiger partial charge in [-0.15, -0.1) is 11.3 Å². The third kappa shape index (κ3) is 4.67. The third-order valence-electron chi connectivity index (χ3n) is 3.44. The van der Waals surface area contributed by atoms with Gasteiger partial charge in [0.25, 0.3) is 0 Å². The lowest BCUT2D eigenvalue weighted by molar-refractivity contribution is -0.120. The minimum atomic E-state index is 0.225. The molecule has 2 heterocycles. The van der Waals surface area contributed by atoms with Gasteiger partial charge in [-0.25, -0.2) is 4.98 Å². The molecule has 1 aliphatic heterocycles. The van der Waals surface area contributed by atoms with Gasteiger partial charge in [-0.3, -0.25) is 4.79 Å². The van der Waals surface area contributed by atoms with E-state index in [0.717, 1.165) is 36.6 Å². The molecule has 0 bridgehead atoms. The van der Waals surface area contributed by atoms with Gasteiger partial charge in [-0.05, 0) is 39.8 Å². The van der Waals surface area contributed by atoms with Crippen LogP contribution in [0.2, 0.25) is 0 Å². The summed E-state index contributed by atoms with van der Waals surface area (Å²) in [6.45, 7) is 6.63. The van der Waals surface area contributed by atoms with Crippen molar-refractivity contribution in [2.75, 3.05) is 19.7 Å². The van der Waals surface area contributed by atoms with Gasteiger partial charge in [0.05, 0.1) is 24.8 Å². The Bertz CT molecular complexity index is 406. The predicted molar refractivity (Wildman–Crippen MR) is 76.8 cm³/mol. The second kappa shape index (κ2) is 7.12. The second-order valence-corrected chi connectivity index (χ2v) is 6.32. The zero-order valence-electron chi connectivity index (χ0n) is 11.7. The van der Waals surface area contributed by atoms with E-state index in [9.17, 15) is 4.79 Å². The number of carbonyl (C=O) groups is 1. The summed E-state index contributed by atoms with van der Waals surface area (Å²) in [6.07, 6.45) is 3.40. The number of aromatic nitrogens is 1. The van der Waals surface area contributed by atoms with Crippen LogP contribution in [0.15, 0.2) is 0 Å². The molecular weight excluding hydrogens is 260 g/mol. The zero-order valence-corrected chi connectivity index (χ0v) is 12.5. The summed E-state index contributed by atoms with van der Waals surface area (Å²) in [6, 6.07) is 0. The van der Waals surface area contributed by atoms with E-state index in [1.165, 1.54) is 4.88 Å². The van der Waals surface area contributed by atoms with Gasteiger partial charge in [0.1, 0.15) is 10.8 Å². The quantitative estimate of drug-likeness (QED) is 0.867. The minimum absolute atomic E-state index is 0.225. The molecular formula is C14H22N2O2S. The van der Waals surface area contributed by atoms with Gasteiger partial charge in [0.2, 0.25) is 0 Å². The zero-order chi connectivity index (χ0) is 13.7. The average molecular weight is 282 g/mol. The lowest BCUT2D eigenvalue weighted by atomic mass is 10.1. The molecule has 2 rings (SSSR count). The summed E-state index contributed by atoms with van der Waals surface area (Å²) in [5.41, 5.74) is 1.04. The highest BCUT2D eigenvalue weighted by atomic mass is 32.1. The number of rotatable bonds is 6. The van der Waals surface area contributed by atoms with Crippen molar-refractivity contribution in [3.05, 3.63) is 15.6 Å². The van der Waals surface area contributed by atoms with Crippen LogP contribution in [0, 0.1) is 13.8 Å². The SMILES string of the molecule is Cc1nc(CC(=O)CCOC2CCNCC2)sc1C. The van der Waals surface area contributed by atoms with E-state index in [-0.39, 0.29) is 5.78 Å². The number of nitrogens with one attached hydrogen (secondary N) is 1. The van der Waals surface area contributed by atoms with Gasteiger partial charge in [0.15, 0.2) is 0 Å². The monoisotopic (exact) mass is 282 g/mol. The fraction of sp³-hybridized carbons (Fsp3) is 0.714. The molecule has 5 heteroatoms. The maximum absolute atomic E-state index is 11.8. The van der Waals surface area contributed by atoms with E-state index >= 15 is 0 Å². The Morgan fingerprint density at radius 1 is 1.42 bits per heavy atom. The molecule has 1 aliphatic rings. The largest absolute Gasteiger partial charge is 0.378 e. The summed E-state index contributed by atoms with van der Waals surface area (Å²) < 4.78 is 5.74. The third-order valence-corrected chi connectivity index (χ3v) is 4.51. The number of aryl methyl sites for hydroxylation is 2. The molecule has 0 aliphatic carbocycles. The summed E-state index contributed by atoms with van der Waals surface area (Å²) in [7, 11) is 0. The Morgan fingerprint density at radius 3 is 2.79 bits per heavy atom. The lowest BCUT2D eigenvalue weighted by Gasteiger charge is -2.22. The van der Waals surface area contributed by atoms with Crippen LogP contribution in [0.1, 0.15) is 34.8 Å². The number of thiazole rings is 1. The Hall–Kier alpha value is -0.780. The Balaban J connectivity index is 1.66. The number of hydrogen-bond acceptors (Lipinski definition) is 5. The minimum Gasteiger partial charge on any atom is -0.378 e. The van der Waals surface area contributed by atoms with Crippen molar-refractivity contribution in [1.82, 2.24) is 10.3 Å². The second-order valence-electron chi connectivity index (χ2n) is 5.03. The van der Waals surface area contributed by atoms with Crippen LogP contribution in [0.5, 0.6) is 0 Å². The maximum atomic E-state index is 11.8. The van der Waals surface area contributed by atoms with Gasteiger partial charge in [0, 0.05) is 11.3 Å². The molecule has 0 aromatic carbocycles. The fourth-order valence-corrected chi connectivity index (χ4v) is 3.14. The number of hydrogen-bond donors (Lipinski definition) is 1. The average Bonchev–Trinajstić information content (AvgIpc) is 2.69. The molecule has 19 heavy (non-hydrogen) atoms. The summed E-state index contributed by atoms with van der Waals surface area (Å²) >= 11 is 1.62. The Kier molecular flexibility index (Phi) is 5.48. The fourth-order valence-electron chi connectivity index (χ4n) is 2.17. The van der Waals surface area contributed by atoms with Crippen LogP contribution in [0.3, 0.4) is 0 Å². The van der Waals surface area contributed by atoms with Gasteiger partial charge < -0.3 is 10.1 Å². The summed E-state index contributed by atoms with van der Waals surface area (Å²) in [5, 5.41) is 4.23. The van der Waals surface area contributed by atoms with Crippen molar-refractivity contribution >= 4 is 17.1 Å². The number of nitrogens with zero attached hydrogens (tertiary/aromatic N) is 1. The first kappa shape index (κ1) is 14.6. The molecule has 1 fully saturated rings. The molecule has 4 nitrogen and oxygen atoms in total. The Labute approximate surface area is 118 Å². The molecule has 0 radical (unpaired) electrons.